The fourth-order valence-electron chi connectivity index (χ4n) is 5.93. The molecule has 3 aromatic carbocycles. The Kier molecular flexibility index (Phi) is 9.30. The number of benzene rings is 3. The predicted molar refractivity (Wildman–Crippen MR) is 168 cm³/mol. The first-order valence-corrected chi connectivity index (χ1v) is 14.6. The minimum atomic E-state index is -1.74. The van der Waals surface area contributed by atoms with E-state index in [4.69, 9.17) is 9.47 Å². The summed E-state index contributed by atoms with van der Waals surface area (Å²) in [6.45, 7) is 13.0. The van der Waals surface area contributed by atoms with E-state index in [2.05, 4.69) is 10.6 Å². The van der Waals surface area contributed by atoms with Gasteiger partial charge in [0.1, 0.15) is 11.7 Å². The van der Waals surface area contributed by atoms with E-state index >= 15 is 0 Å². The average Bonchev–Trinajstić information content (AvgIpc) is 2.92. The number of aliphatic hydroxyl groups is 1. The van der Waals surface area contributed by atoms with Crippen molar-refractivity contribution in [1.82, 2.24) is 0 Å². The Hall–Kier alpha value is -4.17. The number of hydrogen-bond acceptors (Lipinski definition) is 6. The molecule has 8 heteroatoms. The summed E-state index contributed by atoms with van der Waals surface area (Å²) < 4.78 is 11.5. The van der Waals surface area contributed by atoms with Crippen LogP contribution in [0.15, 0.2) is 54.6 Å². The van der Waals surface area contributed by atoms with Gasteiger partial charge >= 0.3 is 0 Å². The van der Waals surface area contributed by atoms with Gasteiger partial charge in [-0.25, -0.2) is 0 Å². The number of amides is 2. The molecule has 0 bridgehead atoms. The molecule has 3 aromatic rings. The van der Waals surface area contributed by atoms with Crippen LogP contribution in [-0.4, -0.2) is 41.5 Å². The molecular weight excluding hydrogens is 544 g/mol. The maximum absolute atomic E-state index is 14.2. The van der Waals surface area contributed by atoms with Crippen LogP contribution in [0.3, 0.4) is 0 Å². The van der Waals surface area contributed by atoms with Gasteiger partial charge in [0.15, 0.2) is 11.5 Å². The van der Waals surface area contributed by atoms with Crippen molar-refractivity contribution in [2.75, 3.05) is 17.7 Å². The second-order valence-electron chi connectivity index (χ2n) is 12.0. The molecule has 0 heterocycles. The number of aryl methyl sites for hydroxylation is 2. The number of rotatable bonds is 8. The number of Topliss-reactive ketones (excluding diaryl/α,β-unsaturated/α-hetero) is 1. The van der Waals surface area contributed by atoms with Gasteiger partial charge in [-0.2, -0.15) is 0 Å². The summed E-state index contributed by atoms with van der Waals surface area (Å²) in [4.78, 5) is 41.9. The summed E-state index contributed by atoms with van der Waals surface area (Å²) in [5.74, 6) is -4.00. The van der Waals surface area contributed by atoms with Crippen LogP contribution in [0.1, 0.15) is 60.9 Å². The smallest absolute Gasteiger partial charge is 0.235 e. The van der Waals surface area contributed by atoms with E-state index in [1.165, 1.54) is 14.0 Å². The number of ether oxygens (including phenoxy) is 2. The second kappa shape index (κ2) is 12.6. The molecule has 0 aromatic heterocycles. The first kappa shape index (κ1) is 31.8. The number of anilines is 2. The molecule has 4 unspecified atom stereocenters. The molecule has 43 heavy (non-hydrogen) atoms. The van der Waals surface area contributed by atoms with E-state index in [0.717, 1.165) is 22.3 Å². The van der Waals surface area contributed by atoms with Crippen LogP contribution in [-0.2, 0) is 14.4 Å². The summed E-state index contributed by atoms with van der Waals surface area (Å²) in [6, 6.07) is 16.3. The van der Waals surface area contributed by atoms with Crippen molar-refractivity contribution in [2.24, 2.45) is 11.8 Å². The lowest BCUT2D eigenvalue weighted by Crippen LogP contribution is -2.56. The van der Waals surface area contributed by atoms with Gasteiger partial charge in [0.25, 0.3) is 0 Å². The van der Waals surface area contributed by atoms with Crippen LogP contribution < -0.4 is 20.1 Å². The highest BCUT2D eigenvalue weighted by Crippen LogP contribution is 2.48. The summed E-state index contributed by atoms with van der Waals surface area (Å²) in [7, 11) is 1.50. The van der Waals surface area contributed by atoms with Gasteiger partial charge in [0.05, 0.1) is 24.7 Å². The number of ketones is 1. The molecule has 0 aliphatic heterocycles. The predicted octanol–water partition coefficient (Wildman–Crippen LogP) is 6.03. The Bertz CT molecular complexity index is 1540. The summed E-state index contributed by atoms with van der Waals surface area (Å²) in [6.07, 6.45) is -0.478. The van der Waals surface area contributed by atoms with Gasteiger partial charge in [0, 0.05) is 23.7 Å². The lowest BCUT2D eigenvalue weighted by Gasteiger charge is -2.44. The second-order valence-corrected chi connectivity index (χ2v) is 12.0. The van der Waals surface area contributed by atoms with Crippen molar-refractivity contribution < 1.29 is 29.0 Å². The molecule has 1 fully saturated rings. The zero-order valence-electron chi connectivity index (χ0n) is 26.2. The molecule has 1 saturated carbocycles. The fourth-order valence-corrected chi connectivity index (χ4v) is 5.93. The normalized spacial score (nSPS) is 21.8. The maximum atomic E-state index is 14.2. The lowest BCUT2D eigenvalue weighted by molar-refractivity contribution is -0.150. The minimum Gasteiger partial charge on any atom is -0.493 e. The molecule has 4 rings (SSSR count). The lowest BCUT2D eigenvalue weighted by atomic mass is 9.61. The molecule has 8 nitrogen and oxygen atoms in total. The number of carbonyl (C=O) groups is 3. The molecule has 1 aliphatic rings. The third kappa shape index (κ3) is 6.59. The summed E-state index contributed by atoms with van der Waals surface area (Å²) in [5, 5.41) is 17.6. The van der Waals surface area contributed by atoms with Crippen LogP contribution in [0.4, 0.5) is 11.4 Å². The van der Waals surface area contributed by atoms with Crippen molar-refractivity contribution in [3.05, 3.63) is 82.4 Å². The van der Waals surface area contributed by atoms with E-state index in [0.29, 0.717) is 28.4 Å². The number of nitrogens with one attached hydrogen (secondary N) is 2. The van der Waals surface area contributed by atoms with Crippen LogP contribution in [0.25, 0.3) is 0 Å². The molecule has 0 saturated heterocycles. The highest BCUT2D eigenvalue weighted by atomic mass is 16.5. The van der Waals surface area contributed by atoms with Crippen molar-refractivity contribution >= 4 is 29.0 Å². The van der Waals surface area contributed by atoms with Gasteiger partial charge in [-0.05, 0) is 101 Å². The van der Waals surface area contributed by atoms with E-state index < -0.39 is 41.0 Å². The summed E-state index contributed by atoms with van der Waals surface area (Å²) >= 11 is 0. The Morgan fingerprint density at radius 1 is 0.884 bits per heavy atom. The molecule has 228 valence electrons. The molecule has 1 aliphatic carbocycles. The van der Waals surface area contributed by atoms with E-state index in [9.17, 15) is 19.5 Å². The van der Waals surface area contributed by atoms with Gasteiger partial charge in [-0.15, -0.1) is 0 Å². The molecule has 2 amide bonds. The van der Waals surface area contributed by atoms with Crippen molar-refractivity contribution in [3.63, 3.8) is 0 Å². The Labute approximate surface area is 253 Å². The largest absolute Gasteiger partial charge is 0.493 e. The Balaban J connectivity index is 1.85. The fraction of sp³-hybridized carbons (Fsp3) is 0.400. The van der Waals surface area contributed by atoms with Gasteiger partial charge in [0.2, 0.25) is 11.8 Å². The Morgan fingerprint density at radius 2 is 1.44 bits per heavy atom. The van der Waals surface area contributed by atoms with Crippen LogP contribution in [0, 0.1) is 39.5 Å². The minimum absolute atomic E-state index is 0.121. The highest BCUT2D eigenvalue weighted by Gasteiger charge is 2.56. The van der Waals surface area contributed by atoms with Crippen molar-refractivity contribution in [3.8, 4) is 11.5 Å². The molecule has 0 spiro atoms. The first-order valence-electron chi connectivity index (χ1n) is 14.6. The standard InChI is InChI=1S/C35H42N2O6/c1-19(2)43-28-16-15-24(17-29(28)42-8)30-31(33(39)36-25-13-9-11-20(3)22(25)5)27(38)18-35(7,41)32(30)34(40)37-26-14-10-12-21(4)23(26)6/h9-17,19,30-32,41H,18H2,1-8H3,(H,36,39)(H,37,40). The topological polar surface area (TPSA) is 114 Å². The maximum Gasteiger partial charge on any atom is 0.235 e. The van der Waals surface area contributed by atoms with E-state index in [1.54, 1.807) is 30.3 Å². The van der Waals surface area contributed by atoms with Gasteiger partial charge in [-0.1, -0.05) is 30.3 Å². The quantitative estimate of drug-likeness (QED) is 0.278. The molecule has 0 radical (unpaired) electrons. The highest BCUT2D eigenvalue weighted by molar-refractivity contribution is 6.10. The number of methoxy groups -OCH3 is 1. The van der Waals surface area contributed by atoms with Crippen LogP contribution in [0.5, 0.6) is 11.5 Å². The monoisotopic (exact) mass is 586 g/mol. The zero-order valence-corrected chi connectivity index (χ0v) is 26.2. The van der Waals surface area contributed by atoms with Gasteiger partial charge < -0.3 is 25.2 Å². The third-order valence-electron chi connectivity index (χ3n) is 8.49. The van der Waals surface area contributed by atoms with Crippen LogP contribution in [0.2, 0.25) is 0 Å². The summed E-state index contributed by atoms with van der Waals surface area (Å²) in [5.41, 5.74) is 3.71. The first-order chi connectivity index (χ1) is 20.2. The van der Waals surface area contributed by atoms with Gasteiger partial charge in [-0.3, -0.25) is 14.4 Å². The zero-order chi connectivity index (χ0) is 31.6. The molecular formula is C35H42N2O6. The van der Waals surface area contributed by atoms with Crippen molar-refractivity contribution in [1.29, 1.82) is 0 Å². The molecule has 4 atom stereocenters. The third-order valence-corrected chi connectivity index (χ3v) is 8.49. The Morgan fingerprint density at radius 3 is 1.98 bits per heavy atom. The van der Waals surface area contributed by atoms with Crippen molar-refractivity contribution in [2.45, 2.75) is 72.5 Å². The molecule has 3 N–H and O–H groups in total. The van der Waals surface area contributed by atoms with E-state index in [-0.39, 0.29) is 12.5 Å². The average molecular weight is 587 g/mol. The van der Waals surface area contributed by atoms with E-state index in [1.807, 2.05) is 65.8 Å². The van der Waals surface area contributed by atoms with Crippen LogP contribution >= 0.6 is 0 Å². The SMILES string of the molecule is COc1cc(C2C(C(=O)Nc3cccc(C)c3C)C(=O)CC(C)(O)C2C(=O)Nc2cccc(C)c2C)ccc1OC(C)C. The number of hydrogen-bond donors (Lipinski definition) is 3. The number of carbonyl (C=O) groups excluding carboxylic acids is 3.